The Bertz CT molecular complexity index is 185. The lowest BCUT2D eigenvalue weighted by Gasteiger charge is -2.40. The maximum absolute atomic E-state index is 12.4. The van der Waals surface area contributed by atoms with Crippen LogP contribution in [0.1, 0.15) is 26.7 Å². The van der Waals surface area contributed by atoms with Crippen LogP contribution in [-0.2, 0) is 0 Å². The number of aliphatic hydroxyl groups is 1. The van der Waals surface area contributed by atoms with Crippen LogP contribution in [0.5, 0.6) is 0 Å². The van der Waals surface area contributed by atoms with Gasteiger partial charge in [0, 0.05) is 18.6 Å². The molecule has 1 saturated heterocycles. The Balaban J connectivity index is 0.000000461. The van der Waals surface area contributed by atoms with Gasteiger partial charge in [0.05, 0.1) is 13.1 Å². The van der Waals surface area contributed by atoms with Crippen molar-refractivity contribution in [2.24, 2.45) is 5.41 Å². The lowest BCUT2D eigenvalue weighted by Crippen LogP contribution is -2.57. The fourth-order valence-corrected chi connectivity index (χ4v) is 1.74. The van der Waals surface area contributed by atoms with Crippen LogP contribution in [0, 0.1) is 5.41 Å². The molecule has 0 aromatic rings. The summed E-state index contributed by atoms with van der Waals surface area (Å²) in [6.45, 7) is 4.57. The van der Waals surface area contributed by atoms with Crippen LogP contribution in [0.3, 0.4) is 0 Å². The van der Waals surface area contributed by atoms with E-state index in [0.29, 0.717) is 6.54 Å². The molecule has 14 heavy (non-hydrogen) atoms. The van der Waals surface area contributed by atoms with Crippen molar-refractivity contribution >= 4 is 0 Å². The highest BCUT2D eigenvalue weighted by Crippen LogP contribution is 2.47. The quantitative estimate of drug-likeness (QED) is 0.762. The first-order valence-corrected chi connectivity index (χ1v) is 5.26. The Labute approximate surface area is 83.9 Å². The second kappa shape index (κ2) is 4.11. The highest BCUT2D eigenvalue weighted by molar-refractivity contribution is 4.99. The van der Waals surface area contributed by atoms with Crippen molar-refractivity contribution in [2.45, 2.75) is 32.6 Å². The molecule has 1 aliphatic heterocycles. The summed E-state index contributed by atoms with van der Waals surface area (Å²) < 4.78 is 24.8. The molecular weight excluding hydrogens is 188 g/mol. The van der Waals surface area contributed by atoms with Crippen LogP contribution in [0.15, 0.2) is 0 Å². The predicted molar refractivity (Wildman–Crippen MR) is 51.5 cm³/mol. The Kier molecular flexibility index (Phi) is 3.48. The van der Waals surface area contributed by atoms with E-state index in [1.807, 2.05) is 13.8 Å². The molecule has 0 radical (unpaired) electrons. The van der Waals surface area contributed by atoms with Crippen LogP contribution >= 0.6 is 0 Å². The Hall–Kier alpha value is -0.220. The number of halogens is 2. The number of aliphatic hydroxyl groups excluding tert-OH is 1. The van der Waals surface area contributed by atoms with Gasteiger partial charge in [-0.3, -0.25) is 4.90 Å². The molecule has 0 aromatic heterocycles. The molecule has 1 aliphatic carbocycles. The largest absolute Gasteiger partial charge is 0.396 e. The molecule has 1 saturated carbocycles. The molecule has 0 amide bonds. The van der Waals surface area contributed by atoms with Crippen molar-refractivity contribution in [3.05, 3.63) is 0 Å². The maximum atomic E-state index is 12.4. The first kappa shape index (κ1) is 11.9. The molecule has 0 aromatic carbocycles. The summed E-state index contributed by atoms with van der Waals surface area (Å²) in [4.78, 5) is 1.73. The van der Waals surface area contributed by atoms with Crippen LogP contribution in [-0.4, -0.2) is 42.2 Å². The van der Waals surface area contributed by atoms with Crippen molar-refractivity contribution in [3.63, 3.8) is 0 Å². The third-order valence-electron chi connectivity index (χ3n) is 2.76. The zero-order chi connectivity index (χ0) is 10.8. The van der Waals surface area contributed by atoms with Crippen LogP contribution < -0.4 is 0 Å². The summed E-state index contributed by atoms with van der Waals surface area (Å²) in [5, 5.41) is 8.94. The van der Waals surface area contributed by atoms with Crippen LogP contribution in [0.25, 0.3) is 0 Å². The molecule has 0 unspecified atom stereocenters. The van der Waals surface area contributed by atoms with E-state index < -0.39 is 5.92 Å². The van der Waals surface area contributed by atoms with Gasteiger partial charge in [-0.05, 0) is 12.8 Å². The normalized spacial score (nSPS) is 27.2. The van der Waals surface area contributed by atoms with Crippen LogP contribution in [0.2, 0.25) is 0 Å². The minimum absolute atomic E-state index is 0.0174. The van der Waals surface area contributed by atoms with Crippen molar-refractivity contribution in [1.82, 2.24) is 4.90 Å². The summed E-state index contributed by atoms with van der Waals surface area (Å²) in [6.07, 6.45) is 1.98. The zero-order valence-electron chi connectivity index (χ0n) is 8.89. The fourth-order valence-electron chi connectivity index (χ4n) is 1.74. The molecule has 1 N–H and O–H groups in total. The van der Waals surface area contributed by atoms with Crippen molar-refractivity contribution < 1.29 is 13.9 Å². The van der Waals surface area contributed by atoms with E-state index >= 15 is 0 Å². The van der Waals surface area contributed by atoms with E-state index in [1.165, 1.54) is 0 Å². The van der Waals surface area contributed by atoms with E-state index in [-0.39, 0.29) is 25.1 Å². The fraction of sp³-hybridized carbons (Fsp3) is 1.00. The lowest BCUT2D eigenvalue weighted by molar-refractivity contribution is -0.137. The summed E-state index contributed by atoms with van der Waals surface area (Å²) in [5.74, 6) is -2.47. The van der Waals surface area contributed by atoms with Gasteiger partial charge in [0.1, 0.15) is 0 Å². The van der Waals surface area contributed by atoms with Gasteiger partial charge < -0.3 is 5.11 Å². The van der Waals surface area contributed by atoms with Gasteiger partial charge in [0.15, 0.2) is 0 Å². The Morgan fingerprint density at radius 1 is 1.21 bits per heavy atom. The number of hydrogen-bond acceptors (Lipinski definition) is 2. The van der Waals surface area contributed by atoms with Gasteiger partial charge in [-0.2, -0.15) is 0 Å². The number of nitrogens with zero attached hydrogens (tertiary/aromatic N) is 1. The second-order valence-corrected chi connectivity index (χ2v) is 4.16. The molecule has 2 nitrogen and oxygen atoms in total. The van der Waals surface area contributed by atoms with Crippen molar-refractivity contribution in [1.29, 1.82) is 0 Å². The Morgan fingerprint density at radius 3 is 2.00 bits per heavy atom. The number of hydrogen-bond donors (Lipinski definition) is 1. The highest BCUT2D eigenvalue weighted by atomic mass is 19.3. The first-order chi connectivity index (χ1) is 6.55. The minimum Gasteiger partial charge on any atom is -0.396 e. The molecular formula is C10H19F2NO. The van der Waals surface area contributed by atoms with Gasteiger partial charge in [0.25, 0.3) is 5.92 Å². The number of likely N-dealkylation sites (tertiary alicyclic amines) is 1. The smallest absolute Gasteiger partial charge is 0.272 e. The molecule has 84 valence electrons. The third-order valence-corrected chi connectivity index (χ3v) is 2.76. The molecule has 2 aliphatic rings. The average Bonchev–Trinajstić information content (AvgIpc) is 2.86. The Morgan fingerprint density at radius 2 is 1.71 bits per heavy atom. The average molecular weight is 207 g/mol. The second-order valence-electron chi connectivity index (χ2n) is 4.16. The van der Waals surface area contributed by atoms with Crippen molar-refractivity contribution in [3.8, 4) is 0 Å². The van der Waals surface area contributed by atoms with E-state index in [2.05, 4.69) is 0 Å². The molecule has 0 bridgehead atoms. The summed E-state index contributed by atoms with van der Waals surface area (Å²) in [5.41, 5.74) is -0.0174. The molecule has 0 spiro atoms. The summed E-state index contributed by atoms with van der Waals surface area (Å²) in [7, 11) is 0. The van der Waals surface area contributed by atoms with Crippen molar-refractivity contribution in [2.75, 3.05) is 26.2 Å². The summed E-state index contributed by atoms with van der Waals surface area (Å²) in [6, 6.07) is 0. The molecule has 1 heterocycles. The van der Waals surface area contributed by atoms with E-state index in [9.17, 15) is 8.78 Å². The van der Waals surface area contributed by atoms with Gasteiger partial charge in [-0.25, -0.2) is 8.78 Å². The lowest BCUT2D eigenvalue weighted by atomic mass is 10.0. The van der Waals surface area contributed by atoms with E-state index in [0.717, 1.165) is 12.8 Å². The highest BCUT2D eigenvalue weighted by Gasteiger charge is 2.50. The topological polar surface area (TPSA) is 23.5 Å². The summed E-state index contributed by atoms with van der Waals surface area (Å²) >= 11 is 0. The maximum Gasteiger partial charge on any atom is 0.272 e. The van der Waals surface area contributed by atoms with E-state index in [1.54, 1.807) is 4.90 Å². The van der Waals surface area contributed by atoms with E-state index in [4.69, 9.17) is 5.11 Å². The SMILES string of the molecule is CC.OCC1(CN2CC(F)(F)C2)CC1. The zero-order valence-corrected chi connectivity index (χ0v) is 8.89. The number of alkyl halides is 2. The molecule has 4 heteroatoms. The first-order valence-electron chi connectivity index (χ1n) is 5.26. The molecule has 2 rings (SSSR count). The number of rotatable bonds is 3. The monoisotopic (exact) mass is 207 g/mol. The van der Waals surface area contributed by atoms with Gasteiger partial charge in [-0.1, -0.05) is 13.8 Å². The van der Waals surface area contributed by atoms with Gasteiger partial charge in [0.2, 0.25) is 0 Å². The molecule has 2 fully saturated rings. The molecule has 0 atom stereocenters. The predicted octanol–water partition coefficient (Wildman–Crippen LogP) is 1.74. The minimum atomic E-state index is -2.47. The standard InChI is InChI=1S/C8H13F2NO.C2H6/c9-8(10)4-11(5-8)3-7(6-12)1-2-7;1-2/h12H,1-6H2;1-2H3. The van der Waals surface area contributed by atoms with Gasteiger partial charge >= 0.3 is 0 Å². The third kappa shape index (κ3) is 2.64. The van der Waals surface area contributed by atoms with Crippen LogP contribution in [0.4, 0.5) is 8.78 Å². The van der Waals surface area contributed by atoms with Gasteiger partial charge in [-0.15, -0.1) is 0 Å².